The van der Waals surface area contributed by atoms with Crippen LogP contribution in [0.15, 0.2) is 12.2 Å². The molecule has 0 bridgehead atoms. The van der Waals surface area contributed by atoms with Gasteiger partial charge in [-0.1, -0.05) is 20.8 Å². The van der Waals surface area contributed by atoms with Crippen molar-refractivity contribution in [3.05, 3.63) is 12.2 Å². The summed E-state index contributed by atoms with van der Waals surface area (Å²) in [7, 11) is 0. The molecule has 4 amide bonds. The summed E-state index contributed by atoms with van der Waals surface area (Å²) in [4.78, 5) is 51.1. The van der Waals surface area contributed by atoms with Crippen molar-refractivity contribution < 1.29 is 29.1 Å². The van der Waals surface area contributed by atoms with E-state index in [-0.39, 0.29) is 13.1 Å². The summed E-state index contributed by atoms with van der Waals surface area (Å²) < 4.78 is 0. The van der Waals surface area contributed by atoms with Crippen LogP contribution >= 0.6 is 0 Å². The Kier molecular flexibility index (Phi) is 5.63. The number of carbonyl (C=O) groups excluding carboxylic acids is 3. The van der Waals surface area contributed by atoms with Crippen molar-refractivity contribution in [2.75, 3.05) is 13.1 Å². The fourth-order valence-electron chi connectivity index (χ4n) is 1.77. The Hall–Kier alpha value is -2.42. The summed E-state index contributed by atoms with van der Waals surface area (Å²) in [6.07, 6.45) is -0.169. The molecule has 0 saturated heterocycles. The predicted octanol–water partition coefficient (Wildman–Crippen LogP) is -0.358. The minimum Gasteiger partial charge on any atom is -0.464 e. The van der Waals surface area contributed by atoms with Crippen LogP contribution in [-0.4, -0.2) is 53.0 Å². The molecule has 1 atom stereocenters. The molecule has 0 aliphatic carbocycles. The molecule has 122 valence electrons. The monoisotopic (exact) mass is 313 g/mol. The number of hydrogen-bond donors (Lipinski definition) is 3. The molecule has 9 heteroatoms. The van der Waals surface area contributed by atoms with Gasteiger partial charge in [0.15, 0.2) is 6.10 Å². The van der Waals surface area contributed by atoms with Crippen LogP contribution in [0.5, 0.6) is 0 Å². The highest BCUT2D eigenvalue weighted by Crippen LogP contribution is 2.21. The SMILES string of the molecule is CC(C)(C)C(ONC(=O)O)C(=O)NCCN1C(=O)C=CC1=O. The molecular formula is C13H19N3O6. The Balaban J connectivity index is 2.51. The Morgan fingerprint density at radius 3 is 2.27 bits per heavy atom. The first-order chi connectivity index (χ1) is 10.1. The zero-order valence-corrected chi connectivity index (χ0v) is 12.6. The predicted molar refractivity (Wildman–Crippen MR) is 74.4 cm³/mol. The molecule has 0 aromatic carbocycles. The third kappa shape index (κ3) is 4.85. The van der Waals surface area contributed by atoms with Gasteiger partial charge >= 0.3 is 6.09 Å². The van der Waals surface area contributed by atoms with Crippen LogP contribution in [0, 0.1) is 5.41 Å². The summed E-state index contributed by atoms with van der Waals surface area (Å²) in [6, 6.07) is 0. The molecular weight excluding hydrogens is 294 g/mol. The Bertz CT molecular complexity index is 490. The maximum absolute atomic E-state index is 12.1. The van der Waals surface area contributed by atoms with Gasteiger partial charge < -0.3 is 10.4 Å². The summed E-state index contributed by atoms with van der Waals surface area (Å²) in [5.41, 5.74) is 1.05. The number of carboxylic acid groups (broad SMARTS) is 1. The lowest BCUT2D eigenvalue weighted by molar-refractivity contribution is -0.147. The summed E-state index contributed by atoms with van der Waals surface area (Å²) in [6.45, 7) is 5.19. The first-order valence-electron chi connectivity index (χ1n) is 6.58. The van der Waals surface area contributed by atoms with Crippen molar-refractivity contribution >= 4 is 23.8 Å². The van der Waals surface area contributed by atoms with Crippen LogP contribution in [0.1, 0.15) is 20.8 Å². The average molecular weight is 313 g/mol. The lowest BCUT2D eigenvalue weighted by atomic mass is 9.88. The van der Waals surface area contributed by atoms with Crippen LogP contribution < -0.4 is 10.8 Å². The van der Waals surface area contributed by atoms with Crippen LogP contribution in [0.25, 0.3) is 0 Å². The normalized spacial score (nSPS) is 15.9. The molecule has 3 N–H and O–H groups in total. The minimum atomic E-state index is -1.42. The van der Waals surface area contributed by atoms with Crippen molar-refractivity contribution in [1.82, 2.24) is 15.7 Å². The highest BCUT2D eigenvalue weighted by molar-refractivity contribution is 6.12. The smallest absolute Gasteiger partial charge is 0.428 e. The van der Waals surface area contributed by atoms with Gasteiger partial charge in [-0.15, -0.1) is 0 Å². The third-order valence-electron chi connectivity index (χ3n) is 2.82. The second-order valence-corrected chi connectivity index (χ2v) is 5.72. The van der Waals surface area contributed by atoms with E-state index in [0.29, 0.717) is 0 Å². The maximum Gasteiger partial charge on any atom is 0.428 e. The first kappa shape index (κ1) is 17.6. The van der Waals surface area contributed by atoms with Crippen molar-refractivity contribution in [3.63, 3.8) is 0 Å². The van der Waals surface area contributed by atoms with Crippen LogP contribution in [-0.2, 0) is 19.2 Å². The Morgan fingerprint density at radius 2 is 1.82 bits per heavy atom. The van der Waals surface area contributed by atoms with Gasteiger partial charge in [0.05, 0.1) is 0 Å². The van der Waals surface area contributed by atoms with Crippen LogP contribution in [0.4, 0.5) is 4.79 Å². The lowest BCUT2D eigenvalue weighted by Crippen LogP contribution is -2.49. The maximum atomic E-state index is 12.1. The quantitative estimate of drug-likeness (QED) is 0.454. The molecule has 1 aliphatic rings. The summed E-state index contributed by atoms with van der Waals surface area (Å²) >= 11 is 0. The van der Waals surface area contributed by atoms with Gasteiger partial charge in [0.2, 0.25) is 0 Å². The molecule has 0 radical (unpaired) electrons. The molecule has 1 heterocycles. The zero-order chi connectivity index (χ0) is 16.9. The number of amides is 4. The zero-order valence-electron chi connectivity index (χ0n) is 12.6. The van der Waals surface area contributed by atoms with Crippen molar-refractivity contribution in [2.24, 2.45) is 5.41 Å². The van der Waals surface area contributed by atoms with Gasteiger partial charge in [0.25, 0.3) is 17.7 Å². The highest BCUT2D eigenvalue weighted by Gasteiger charge is 2.33. The molecule has 9 nitrogen and oxygen atoms in total. The van der Waals surface area contributed by atoms with Gasteiger partial charge in [0, 0.05) is 25.2 Å². The second-order valence-electron chi connectivity index (χ2n) is 5.72. The standard InChI is InChI=1S/C13H19N3O6/c1-13(2,3)10(22-15-12(20)21)11(19)14-6-7-16-8(17)4-5-9(16)18/h4-5,10,15H,6-7H2,1-3H3,(H,14,19)(H,20,21). The third-order valence-corrected chi connectivity index (χ3v) is 2.82. The van der Waals surface area contributed by atoms with Gasteiger partial charge in [-0.2, -0.15) is 5.48 Å². The molecule has 0 fully saturated rings. The second kappa shape index (κ2) is 7.03. The first-order valence-corrected chi connectivity index (χ1v) is 6.58. The lowest BCUT2D eigenvalue weighted by Gasteiger charge is -2.28. The van der Waals surface area contributed by atoms with E-state index < -0.39 is 35.3 Å². The fourth-order valence-corrected chi connectivity index (χ4v) is 1.77. The van der Waals surface area contributed by atoms with E-state index in [1.165, 1.54) is 0 Å². The largest absolute Gasteiger partial charge is 0.464 e. The molecule has 0 saturated carbocycles. The molecule has 1 unspecified atom stereocenters. The van der Waals surface area contributed by atoms with Crippen LogP contribution in [0.2, 0.25) is 0 Å². The van der Waals surface area contributed by atoms with Gasteiger partial charge in [-0.05, 0) is 5.41 Å². The van der Waals surface area contributed by atoms with E-state index in [1.54, 1.807) is 26.3 Å². The van der Waals surface area contributed by atoms with Crippen molar-refractivity contribution in [2.45, 2.75) is 26.9 Å². The number of rotatable bonds is 6. The molecule has 0 spiro atoms. The highest BCUT2D eigenvalue weighted by atomic mass is 16.7. The topological polar surface area (TPSA) is 125 Å². The average Bonchev–Trinajstić information content (AvgIpc) is 2.68. The number of nitrogens with zero attached hydrogens (tertiary/aromatic N) is 1. The molecule has 0 aromatic heterocycles. The van der Waals surface area contributed by atoms with E-state index in [0.717, 1.165) is 17.1 Å². The fraction of sp³-hybridized carbons (Fsp3) is 0.538. The van der Waals surface area contributed by atoms with Crippen molar-refractivity contribution in [1.29, 1.82) is 0 Å². The minimum absolute atomic E-state index is 0.0274. The summed E-state index contributed by atoms with van der Waals surface area (Å²) in [5.74, 6) is -1.42. The van der Waals surface area contributed by atoms with E-state index in [4.69, 9.17) is 9.94 Å². The Labute approximate surface area is 127 Å². The number of imide groups is 1. The molecule has 1 rings (SSSR count). The van der Waals surface area contributed by atoms with Gasteiger partial charge in [-0.3, -0.25) is 24.1 Å². The van der Waals surface area contributed by atoms with E-state index in [2.05, 4.69) is 5.32 Å². The van der Waals surface area contributed by atoms with E-state index >= 15 is 0 Å². The Morgan fingerprint density at radius 1 is 1.27 bits per heavy atom. The van der Waals surface area contributed by atoms with Gasteiger partial charge in [0.1, 0.15) is 0 Å². The van der Waals surface area contributed by atoms with E-state index in [1.807, 2.05) is 0 Å². The van der Waals surface area contributed by atoms with Crippen LogP contribution in [0.3, 0.4) is 0 Å². The number of hydroxylamine groups is 1. The van der Waals surface area contributed by atoms with Crippen molar-refractivity contribution in [3.8, 4) is 0 Å². The number of nitrogens with one attached hydrogen (secondary N) is 2. The molecule has 0 aromatic rings. The number of carbonyl (C=O) groups is 4. The number of hydrogen-bond acceptors (Lipinski definition) is 5. The van der Waals surface area contributed by atoms with Gasteiger partial charge in [-0.25, -0.2) is 4.79 Å². The molecule has 22 heavy (non-hydrogen) atoms. The summed E-state index contributed by atoms with van der Waals surface area (Å²) in [5, 5.41) is 11.0. The molecule has 1 aliphatic heterocycles. The van der Waals surface area contributed by atoms with E-state index in [9.17, 15) is 19.2 Å².